The average molecular weight is 288 g/mol. The molecule has 0 amide bonds. The minimum Gasteiger partial charge on any atom is -0.478 e. The number of rotatable bonds is 5. The highest BCUT2D eigenvalue weighted by atomic mass is 32.2. The molecule has 0 aromatic heterocycles. The van der Waals surface area contributed by atoms with Crippen molar-refractivity contribution in [1.29, 1.82) is 0 Å². The van der Waals surface area contributed by atoms with E-state index in [0.29, 0.717) is 0 Å². The van der Waals surface area contributed by atoms with Crippen LogP contribution in [-0.2, 0) is 4.79 Å². The van der Waals surface area contributed by atoms with E-state index in [9.17, 15) is 24.2 Å². The van der Waals surface area contributed by atoms with Crippen LogP contribution in [-0.4, -0.2) is 38.3 Å². The molecule has 0 heterocycles. The average Bonchev–Trinajstić information content (AvgIpc) is 2.34. The molecule has 104 valence electrons. The Morgan fingerprint density at radius 2 is 1.95 bits per heavy atom. The molecule has 0 bridgehead atoms. The molecule has 7 heteroatoms. The molecule has 3 N–H and O–H groups in total. The van der Waals surface area contributed by atoms with Crippen molar-refractivity contribution in [1.82, 2.24) is 0 Å². The van der Waals surface area contributed by atoms with E-state index in [0.717, 1.165) is 30.0 Å². The van der Waals surface area contributed by atoms with Gasteiger partial charge in [-0.05, 0) is 23.8 Å². The van der Waals surface area contributed by atoms with Crippen molar-refractivity contribution in [2.75, 3.05) is 5.75 Å². The van der Waals surface area contributed by atoms with Crippen molar-refractivity contribution in [3.05, 3.63) is 35.1 Å². The van der Waals surface area contributed by atoms with Crippen LogP contribution in [0.25, 0.3) is 0 Å². The summed E-state index contributed by atoms with van der Waals surface area (Å²) in [6, 6.07) is 2.84. The van der Waals surface area contributed by atoms with Gasteiger partial charge in [0.05, 0.1) is 11.7 Å². The molecule has 1 aromatic carbocycles. The Kier molecular flexibility index (Phi) is 5.46. The second kappa shape index (κ2) is 6.65. The van der Waals surface area contributed by atoms with Crippen molar-refractivity contribution in [3.8, 4) is 0 Å². The molecule has 0 aliphatic carbocycles. The van der Waals surface area contributed by atoms with Crippen LogP contribution in [0.4, 0.5) is 4.39 Å². The van der Waals surface area contributed by atoms with Crippen LogP contribution < -0.4 is 0 Å². The summed E-state index contributed by atoms with van der Waals surface area (Å²) in [5.41, 5.74) is -0.366. The number of halogens is 1. The lowest BCUT2D eigenvalue weighted by Gasteiger charge is -2.17. The Balaban J connectivity index is 2.89. The van der Waals surface area contributed by atoms with Gasteiger partial charge in [-0.3, -0.25) is 4.79 Å². The standard InChI is InChI=1S/C12H13FO5S/c1-6(14)19-5-10(15)11(16)7-2-8(12(17)18)4-9(13)3-7/h2-4,10-11,15-16H,5H2,1H3,(H,17,18). The van der Waals surface area contributed by atoms with E-state index in [1.165, 1.54) is 6.92 Å². The van der Waals surface area contributed by atoms with E-state index >= 15 is 0 Å². The molecule has 0 aliphatic heterocycles. The van der Waals surface area contributed by atoms with E-state index in [-0.39, 0.29) is 22.0 Å². The fraction of sp³-hybridized carbons (Fsp3) is 0.333. The van der Waals surface area contributed by atoms with Crippen molar-refractivity contribution >= 4 is 22.8 Å². The van der Waals surface area contributed by atoms with E-state index < -0.39 is 24.0 Å². The van der Waals surface area contributed by atoms with Gasteiger partial charge in [0.25, 0.3) is 0 Å². The van der Waals surface area contributed by atoms with Gasteiger partial charge < -0.3 is 15.3 Å². The van der Waals surface area contributed by atoms with Gasteiger partial charge >= 0.3 is 5.97 Å². The zero-order valence-corrected chi connectivity index (χ0v) is 10.9. The first kappa shape index (κ1) is 15.6. The molecule has 2 unspecified atom stereocenters. The molecule has 1 aromatic rings. The summed E-state index contributed by atoms with van der Waals surface area (Å²) in [6.07, 6.45) is -2.75. The van der Waals surface area contributed by atoms with Crippen molar-refractivity contribution < 1.29 is 29.3 Å². The molecule has 5 nitrogen and oxygen atoms in total. The number of carboxylic acid groups (broad SMARTS) is 1. The van der Waals surface area contributed by atoms with Gasteiger partial charge in [-0.15, -0.1) is 0 Å². The monoisotopic (exact) mass is 288 g/mol. The van der Waals surface area contributed by atoms with E-state index in [2.05, 4.69) is 0 Å². The Hall–Kier alpha value is -1.44. The van der Waals surface area contributed by atoms with Gasteiger partial charge in [-0.2, -0.15) is 0 Å². The molecule has 0 aliphatic rings. The number of benzene rings is 1. The third-order valence-corrected chi connectivity index (χ3v) is 3.25. The van der Waals surface area contributed by atoms with Crippen molar-refractivity contribution in [2.45, 2.75) is 19.1 Å². The van der Waals surface area contributed by atoms with Crippen LogP contribution in [0.1, 0.15) is 28.9 Å². The molecule has 0 radical (unpaired) electrons. The fourth-order valence-electron chi connectivity index (χ4n) is 1.42. The van der Waals surface area contributed by atoms with Crippen LogP contribution in [0.3, 0.4) is 0 Å². The maximum Gasteiger partial charge on any atom is 0.335 e. The largest absolute Gasteiger partial charge is 0.478 e. The number of aliphatic hydroxyl groups is 2. The summed E-state index contributed by atoms with van der Waals surface area (Å²) in [6.45, 7) is 1.31. The summed E-state index contributed by atoms with van der Waals surface area (Å²) in [7, 11) is 0. The molecular weight excluding hydrogens is 275 g/mol. The van der Waals surface area contributed by atoms with E-state index in [1.54, 1.807) is 0 Å². The molecule has 19 heavy (non-hydrogen) atoms. The maximum atomic E-state index is 13.2. The predicted octanol–water partition coefficient (Wildman–Crippen LogP) is 1.20. The Morgan fingerprint density at radius 3 is 2.47 bits per heavy atom. The Labute approximate surface area is 113 Å². The molecule has 1 rings (SSSR count). The molecule has 2 atom stereocenters. The number of aliphatic hydroxyl groups excluding tert-OH is 2. The highest BCUT2D eigenvalue weighted by molar-refractivity contribution is 8.13. The van der Waals surface area contributed by atoms with Gasteiger partial charge in [0.2, 0.25) is 0 Å². The van der Waals surface area contributed by atoms with E-state index in [4.69, 9.17) is 5.11 Å². The van der Waals surface area contributed by atoms with Crippen LogP contribution in [0.15, 0.2) is 18.2 Å². The maximum absolute atomic E-state index is 13.2. The Bertz CT molecular complexity index is 491. The van der Waals surface area contributed by atoms with Crippen LogP contribution in [0, 0.1) is 5.82 Å². The summed E-state index contributed by atoms with van der Waals surface area (Å²) >= 11 is 0.818. The van der Waals surface area contributed by atoms with Crippen LogP contribution in [0.5, 0.6) is 0 Å². The first-order chi connectivity index (χ1) is 8.81. The number of carboxylic acids is 1. The number of hydrogen-bond acceptors (Lipinski definition) is 5. The molecule has 0 saturated carbocycles. The number of hydrogen-bond donors (Lipinski definition) is 3. The lowest BCUT2D eigenvalue weighted by Crippen LogP contribution is -2.22. The third kappa shape index (κ3) is 4.62. The first-order valence-electron chi connectivity index (χ1n) is 5.34. The Morgan fingerprint density at radius 1 is 1.32 bits per heavy atom. The number of carbonyl (C=O) groups is 2. The normalized spacial score (nSPS) is 13.9. The van der Waals surface area contributed by atoms with Gasteiger partial charge in [-0.1, -0.05) is 11.8 Å². The van der Waals surface area contributed by atoms with Crippen LogP contribution in [0.2, 0.25) is 0 Å². The second-order valence-corrected chi connectivity index (χ2v) is 5.09. The number of aromatic carboxylic acids is 1. The lowest BCUT2D eigenvalue weighted by molar-refractivity contribution is -0.109. The summed E-state index contributed by atoms with van der Waals surface area (Å²) < 4.78 is 13.2. The second-order valence-electron chi connectivity index (χ2n) is 3.89. The van der Waals surface area contributed by atoms with Gasteiger partial charge in [0.1, 0.15) is 11.9 Å². The number of thioether (sulfide) groups is 1. The topological polar surface area (TPSA) is 94.8 Å². The summed E-state index contributed by atoms with van der Waals surface area (Å²) in [5.74, 6) is -2.21. The van der Waals surface area contributed by atoms with Crippen LogP contribution >= 0.6 is 11.8 Å². The zero-order chi connectivity index (χ0) is 14.6. The third-order valence-electron chi connectivity index (χ3n) is 2.33. The van der Waals surface area contributed by atoms with Crippen molar-refractivity contribution in [3.63, 3.8) is 0 Å². The number of carbonyl (C=O) groups excluding carboxylic acids is 1. The zero-order valence-electron chi connectivity index (χ0n) is 10.0. The molecule has 0 saturated heterocycles. The molecule has 0 spiro atoms. The lowest BCUT2D eigenvalue weighted by atomic mass is 10.0. The SMILES string of the molecule is CC(=O)SCC(O)C(O)c1cc(F)cc(C(=O)O)c1. The first-order valence-corrected chi connectivity index (χ1v) is 6.33. The fourth-order valence-corrected chi connectivity index (χ4v) is 2.01. The summed E-state index contributed by atoms with van der Waals surface area (Å²) in [4.78, 5) is 21.5. The van der Waals surface area contributed by atoms with Gasteiger partial charge in [0.15, 0.2) is 5.12 Å². The van der Waals surface area contributed by atoms with Gasteiger partial charge in [0, 0.05) is 12.7 Å². The quantitative estimate of drug-likeness (QED) is 0.753. The highest BCUT2D eigenvalue weighted by Gasteiger charge is 2.21. The summed E-state index contributed by atoms with van der Waals surface area (Å²) in [5, 5.41) is 28.0. The highest BCUT2D eigenvalue weighted by Crippen LogP contribution is 2.22. The predicted molar refractivity (Wildman–Crippen MR) is 67.5 cm³/mol. The smallest absolute Gasteiger partial charge is 0.335 e. The van der Waals surface area contributed by atoms with E-state index in [1.807, 2.05) is 0 Å². The van der Waals surface area contributed by atoms with Gasteiger partial charge in [-0.25, -0.2) is 9.18 Å². The minimum absolute atomic E-state index is 0.0472. The molecule has 0 fully saturated rings. The van der Waals surface area contributed by atoms with Crippen molar-refractivity contribution in [2.24, 2.45) is 0 Å². The molecular formula is C12H13FO5S. The minimum atomic E-state index is -1.46.